The Bertz CT molecular complexity index is 221. The molecule has 1 aliphatic carbocycles. The molecule has 2 atom stereocenters. The largest absolute Gasteiger partial charge is 0.444 e. The van der Waals surface area contributed by atoms with Crippen molar-refractivity contribution in [3.8, 4) is 0 Å². The summed E-state index contributed by atoms with van der Waals surface area (Å²) in [4.78, 5) is 11.3. The molecule has 88 valence electrons. The molecule has 0 heterocycles. The molecule has 0 aromatic heterocycles. The minimum absolute atomic E-state index is 0.329. The van der Waals surface area contributed by atoms with Crippen molar-refractivity contribution in [1.29, 1.82) is 0 Å². The average molecular weight is 214 g/mol. The van der Waals surface area contributed by atoms with Gasteiger partial charge in [-0.15, -0.1) is 0 Å². The number of alkyl carbamates (subject to hydrolysis) is 1. The van der Waals surface area contributed by atoms with Gasteiger partial charge in [0, 0.05) is 6.54 Å². The van der Waals surface area contributed by atoms with Crippen LogP contribution in [0.1, 0.15) is 33.6 Å². The second-order valence-electron chi connectivity index (χ2n) is 5.22. The Balaban J connectivity index is 2.17. The van der Waals surface area contributed by atoms with Gasteiger partial charge in [-0.25, -0.2) is 4.79 Å². The number of nitrogens with one attached hydrogen (secondary N) is 1. The fourth-order valence-corrected chi connectivity index (χ4v) is 1.75. The van der Waals surface area contributed by atoms with Gasteiger partial charge >= 0.3 is 6.09 Å². The number of nitrogens with two attached hydrogens (primary N) is 1. The Labute approximate surface area is 91.5 Å². The Morgan fingerprint density at radius 2 is 2.00 bits per heavy atom. The summed E-state index contributed by atoms with van der Waals surface area (Å²) >= 11 is 0. The highest BCUT2D eigenvalue weighted by atomic mass is 16.6. The van der Waals surface area contributed by atoms with Crippen molar-refractivity contribution in [3.63, 3.8) is 0 Å². The summed E-state index contributed by atoms with van der Waals surface area (Å²) in [6.45, 7) is 6.99. The quantitative estimate of drug-likeness (QED) is 0.748. The second kappa shape index (κ2) is 4.84. The molecule has 0 bridgehead atoms. The molecule has 1 aliphatic rings. The highest BCUT2D eigenvalue weighted by Gasteiger charge is 2.30. The maximum Gasteiger partial charge on any atom is 0.407 e. The van der Waals surface area contributed by atoms with E-state index in [-0.39, 0.29) is 6.09 Å². The molecule has 0 aromatic carbocycles. The van der Waals surface area contributed by atoms with Crippen LogP contribution in [0.4, 0.5) is 4.79 Å². The van der Waals surface area contributed by atoms with Crippen molar-refractivity contribution in [3.05, 3.63) is 0 Å². The van der Waals surface area contributed by atoms with Crippen molar-refractivity contribution in [2.24, 2.45) is 17.6 Å². The summed E-state index contributed by atoms with van der Waals surface area (Å²) in [5.41, 5.74) is 5.17. The minimum atomic E-state index is -0.420. The number of ether oxygens (including phenoxy) is 1. The van der Waals surface area contributed by atoms with E-state index >= 15 is 0 Å². The van der Waals surface area contributed by atoms with E-state index in [2.05, 4.69) is 5.32 Å². The zero-order valence-electron chi connectivity index (χ0n) is 9.88. The first-order chi connectivity index (χ1) is 6.92. The summed E-state index contributed by atoms with van der Waals surface area (Å²) in [5.74, 6) is 1.13. The van der Waals surface area contributed by atoms with Crippen molar-refractivity contribution < 1.29 is 9.53 Å². The molecule has 1 rings (SSSR count). The van der Waals surface area contributed by atoms with E-state index in [0.29, 0.717) is 18.4 Å². The summed E-state index contributed by atoms with van der Waals surface area (Å²) in [5, 5.41) is 2.79. The van der Waals surface area contributed by atoms with Crippen LogP contribution in [0.5, 0.6) is 0 Å². The van der Waals surface area contributed by atoms with Crippen molar-refractivity contribution in [2.45, 2.75) is 39.2 Å². The molecule has 3 N–H and O–H groups in total. The predicted molar refractivity (Wildman–Crippen MR) is 59.5 cm³/mol. The molecule has 4 heteroatoms. The standard InChI is InChI=1S/C11H22N2O2/c1-11(2,3)15-10(14)13-7-9-5-4-8(9)6-12/h8-9H,4-7,12H2,1-3H3,(H,13,14)/t8-,9-/m1/s1. The summed E-state index contributed by atoms with van der Waals surface area (Å²) in [6.07, 6.45) is 2.03. The van der Waals surface area contributed by atoms with E-state index in [0.717, 1.165) is 13.0 Å². The molecular formula is C11H22N2O2. The zero-order valence-corrected chi connectivity index (χ0v) is 9.88. The number of carbonyl (C=O) groups excluding carboxylic acids is 1. The first-order valence-electron chi connectivity index (χ1n) is 5.59. The lowest BCUT2D eigenvalue weighted by molar-refractivity contribution is 0.0493. The Hall–Kier alpha value is -0.770. The molecule has 1 saturated carbocycles. The van der Waals surface area contributed by atoms with Crippen molar-refractivity contribution >= 4 is 6.09 Å². The molecule has 0 radical (unpaired) electrons. The maximum absolute atomic E-state index is 11.3. The highest BCUT2D eigenvalue weighted by Crippen LogP contribution is 2.32. The number of hydrogen-bond donors (Lipinski definition) is 2. The van der Waals surface area contributed by atoms with Crippen molar-refractivity contribution in [2.75, 3.05) is 13.1 Å². The molecule has 0 unspecified atom stereocenters. The molecule has 0 saturated heterocycles. The van der Waals surface area contributed by atoms with Gasteiger partial charge in [-0.1, -0.05) is 0 Å². The molecule has 15 heavy (non-hydrogen) atoms. The van der Waals surface area contributed by atoms with E-state index in [1.54, 1.807) is 0 Å². The van der Waals surface area contributed by atoms with Gasteiger partial charge in [0.1, 0.15) is 5.60 Å². The van der Waals surface area contributed by atoms with Gasteiger partial charge in [0.25, 0.3) is 0 Å². The Kier molecular flexibility index (Phi) is 3.97. The molecule has 0 aromatic rings. The van der Waals surface area contributed by atoms with Gasteiger partial charge in [0.2, 0.25) is 0 Å². The van der Waals surface area contributed by atoms with Crippen LogP contribution in [0.25, 0.3) is 0 Å². The van der Waals surface area contributed by atoms with Crippen LogP contribution < -0.4 is 11.1 Å². The van der Waals surface area contributed by atoms with Crippen LogP contribution in [0.15, 0.2) is 0 Å². The lowest BCUT2D eigenvalue weighted by atomic mass is 9.74. The minimum Gasteiger partial charge on any atom is -0.444 e. The lowest BCUT2D eigenvalue weighted by Crippen LogP contribution is -2.42. The first-order valence-corrected chi connectivity index (χ1v) is 5.59. The molecule has 1 amide bonds. The molecule has 4 nitrogen and oxygen atoms in total. The average Bonchev–Trinajstić information content (AvgIpc) is 1.99. The van der Waals surface area contributed by atoms with Crippen molar-refractivity contribution in [1.82, 2.24) is 5.32 Å². The van der Waals surface area contributed by atoms with Crippen LogP contribution in [-0.4, -0.2) is 24.8 Å². The van der Waals surface area contributed by atoms with E-state index in [1.807, 2.05) is 20.8 Å². The van der Waals surface area contributed by atoms with Gasteiger partial charge in [-0.05, 0) is 52.0 Å². The number of amides is 1. The van der Waals surface area contributed by atoms with Gasteiger partial charge in [0.05, 0.1) is 0 Å². The summed E-state index contributed by atoms with van der Waals surface area (Å²) < 4.78 is 5.14. The van der Waals surface area contributed by atoms with Crippen LogP contribution in [0.2, 0.25) is 0 Å². The smallest absolute Gasteiger partial charge is 0.407 e. The third kappa shape index (κ3) is 4.08. The van der Waals surface area contributed by atoms with Gasteiger partial charge in [0.15, 0.2) is 0 Å². The molecule has 0 aliphatic heterocycles. The first kappa shape index (κ1) is 12.3. The lowest BCUT2D eigenvalue weighted by Gasteiger charge is -2.35. The molecule has 1 fully saturated rings. The number of hydrogen-bond acceptors (Lipinski definition) is 3. The number of rotatable bonds is 3. The normalized spacial score (nSPS) is 25.6. The third-order valence-electron chi connectivity index (χ3n) is 2.79. The summed E-state index contributed by atoms with van der Waals surface area (Å²) in [6, 6.07) is 0. The molecule has 0 spiro atoms. The topological polar surface area (TPSA) is 64.3 Å². The van der Waals surface area contributed by atoms with E-state index < -0.39 is 5.60 Å². The van der Waals surface area contributed by atoms with Crippen LogP contribution >= 0.6 is 0 Å². The number of carbonyl (C=O) groups is 1. The van der Waals surface area contributed by atoms with Gasteiger partial charge in [-0.3, -0.25) is 0 Å². The Morgan fingerprint density at radius 1 is 1.40 bits per heavy atom. The van der Waals surface area contributed by atoms with Gasteiger partial charge in [-0.2, -0.15) is 0 Å². The Morgan fingerprint density at radius 3 is 2.40 bits per heavy atom. The third-order valence-corrected chi connectivity index (χ3v) is 2.79. The summed E-state index contributed by atoms with van der Waals surface area (Å²) in [7, 11) is 0. The van der Waals surface area contributed by atoms with Crippen LogP contribution in [-0.2, 0) is 4.74 Å². The SMILES string of the molecule is CC(C)(C)OC(=O)NC[C@H]1CC[C@@H]1CN. The maximum atomic E-state index is 11.3. The predicted octanol–water partition coefficient (Wildman–Crippen LogP) is 1.50. The molecular weight excluding hydrogens is 192 g/mol. The van der Waals surface area contributed by atoms with E-state index in [1.165, 1.54) is 6.42 Å². The second-order valence-corrected chi connectivity index (χ2v) is 5.22. The van der Waals surface area contributed by atoms with Crippen LogP contribution in [0, 0.1) is 11.8 Å². The van der Waals surface area contributed by atoms with Gasteiger partial charge < -0.3 is 15.8 Å². The fourth-order valence-electron chi connectivity index (χ4n) is 1.75. The zero-order chi connectivity index (χ0) is 11.5. The highest BCUT2D eigenvalue weighted by molar-refractivity contribution is 5.67. The fraction of sp³-hybridized carbons (Fsp3) is 0.909. The van der Waals surface area contributed by atoms with Crippen LogP contribution in [0.3, 0.4) is 0 Å². The monoisotopic (exact) mass is 214 g/mol. The van der Waals surface area contributed by atoms with E-state index in [9.17, 15) is 4.79 Å². The van der Waals surface area contributed by atoms with E-state index in [4.69, 9.17) is 10.5 Å².